The Morgan fingerprint density at radius 2 is 2.03 bits per heavy atom. The predicted octanol–water partition coefficient (Wildman–Crippen LogP) is 1.88. The number of likely N-dealkylation sites (tertiary alicyclic amines) is 1. The molecule has 2 N–H and O–H groups in total. The van der Waals surface area contributed by atoms with Crippen LogP contribution in [0.5, 0.6) is 0 Å². The molecule has 0 spiro atoms. The van der Waals surface area contributed by atoms with E-state index in [1.54, 1.807) is 17.9 Å². The molecule has 4 rings (SSSR count). The number of sulfonamides is 1. The highest BCUT2D eigenvalue weighted by Crippen LogP contribution is 2.33. The molecule has 29 heavy (non-hydrogen) atoms. The number of nitrogens with one attached hydrogen (secondary N) is 2. The van der Waals surface area contributed by atoms with Gasteiger partial charge in [0, 0.05) is 18.2 Å². The van der Waals surface area contributed by atoms with E-state index < -0.39 is 22.1 Å². The molecule has 1 aliphatic heterocycles. The number of rotatable bonds is 5. The highest BCUT2D eigenvalue weighted by Gasteiger charge is 2.40. The zero-order chi connectivity index (χ0) is 20.6. The number of nitrogens with zero attached hydrogens (tertiary/aromatic N) is 3. The molecule has 1 amide bonds. The summed E-state index contributed by atoms with van der Waals surface area (Å²) in [6.45, 7) is 1.94. The van der Waals surface area contributed by atoms with Crippen LogP contribution in [-0.2, 0) is 10.0 Å². The average molecular weight is 415 g/mol. The fourth-order valence-electron chi connectivity index (χ4n) is 3.61. The summed E-state index contributed by atoms with van der Waals surface area (Å²) < 4.78 is 31.3. The van der Waals surface area contributed by atoms with Gasteiger partial charge in [-0.05, 0) is 19.4 Å². The normalized spacial score (nSPS) is 19.6. The third-order valence-corrected chi connectivity index (χ3v) is 5.64. The van der Waals surface area contributed by atoms with Gasteiger partial charge in [-0.2, -0.15) is 5.10 Å². The number of furan rings is 1. The summed E-state index contributed by atoms with van der Waals surface area (Å²) in [4.78, 5) is 19.3. The van der Waals surface area contributed by atoms with Crippen molar-refractivity contribution in [2.75, 3.05) is 12.8 Å². The molecule has 152 valence electrons. The summed E-state index contributed by atoms with van der Waals surface area (Å²) in [5.74, 6) is 1.30. The maximum Gasteiger partial charge on any atom is 0.258 e. The van der Waals surface area contributed by atoms with Gasteiger partial charge in [0.15, 0.2) is 5.82 Å². The number of hydrogen-bond acceptors (Lipinski definition) is 6. The van der Waals surface area contributed by atoms with Crippen molar-refractivity contribution in [3.63, 3.8) is 0 Å². The first-order chi connectivity index (χ1) is 13.8. The summed E-state index contributed by atoms with van der Waals surface area (Å²) in [6.07, 6.45) is 2.95. The van der Waals surface area contributed by atoms with Crippen LogP contribution in [-0.4, -0.2) is 53.2 Å². The number of amides is 1. The third-order valence-electron chi connectivity index (χ3n) is 4.88. The lowest BCUT2D eigenvalue weighted by Gasteiger charge is -2.22. The Hall–Kier alpha value is -2.98. The molecule has 3 heterocycles. The van der Waals surface area contributed by atoms with Gasteiger partial charge >= 0.3 is 0 Å². The van der Waals surface area contributed by atoms with Gasteiger partial charge in [-0.3, -0.25) is 9.89 Å². The van der Waals surface area contributed by atoms with E-state index >= 15 is 0 Å². The maximum atomic E-state index is 13.1. The average Bonchev–Trinajstić information content (AvgIpc) is 3.40. The standard InChI is InChI=1S/C19H21N5O4S/c1-12-15(8-9-28-12)19(25)24-11-14(23-29(2,26)27)10-16(24)18-20-17(21-22-18)13-6-4-3-5-7-13/h3-9,14,16,23H,10-11H2,1-2H3,(H,20,21,22)/t14-,16-/m0/s1. The van der Waals surface area contributed by atoms with Crippen LogP contribution in [0.15, 0.2) is 47.1 Å². The van der Waals surface area contributed by atoms with Crippen LogP contribution in [0, 0.1) is 6.92 Å². The minimum atomic E-state index is -3.41. The van der Waals surface area contributed by atoms with Gasteiger partial charge in [0.1, 0.15) is 11.6 Å². The van der Waals surface area contributed by atoms with Crippen LogP contribution < -0.4 is 4.72 Å². The molecule has 2 aromatic heterocycles. The fraction of sp³-hybridized carbons (Fsp3) is 0.316. The Bertz CT molecular complexity index is 1120. The Morgan fingerprint density at radius 3 is 2.69 bits per heavy atom. The molecule has 1 aromatic carbocycles. The lowest BCUT2D eigenvalue weighted by Crippen LogP contribution is -2.38. The SMILES string of the molecule is Cc1occc1C(=O)N1C[C@@H](NS(C)(=O)=O)C[C@H]1c1nc(-c2ccccc2)n[nH]1. The number of aromatic nitrogens is 3. The lowest BCUT2D eigenvalue weighted by molar-refractivity contribution is 0.0726. The van der Waals surface area contributed by atoms with Crippen LogP contribution in [0.4, 0.5) is 0 Å². The molecule has 10 heteroatoms. The number of hydrogen-bond donors (Lipinski definition) is 2. The van der Waals surface area contributed by atoms with Crippen molar-refractivity contribution < 1.29 is 17.6 Å². The molecule has 0 saturated carbocycles. The van der Waals surface area contributed by atoms with Crippen molar-refractivity contribution in [1.82, 2.24) is 24.8 Å². The smallest absolute Gasteiger partial charge is 0.258 e. The molecule has 1 saturated heterocycles. The minimum Gasteiger partial charge on any atom is -0.469 e. The first-order valence-electron chi connectivity index (χ1n) is 9.12. The summed E-state index contributed by atoms with van der Waals surface area (Å²) in [5, 5.41) is 7.19. The van der Waals surface area contributed by atoms with Gasteiger partial charge in [-0.15, -0.1) is 0 Å². The van der Waals surface area contributed by atoms with E-state index in [-0.39, 0.29) is 12.5 Å². The molecule has 0 unspecified atom stereocenters. The van der Waals surface area contributed by atoms with Gasteiger partial charge in [0.05, 0.1) is 24.1 Å². The number of carbonyl (C=O) groups is 1. The van der Waals surface area contributed by atoms with Crippen molar-refractivity contribution in [3.8, 4) is 11.4 Å². The van der Waals surface area contributed by atoms with E-state index in [0.717, 1.165) is 11.8 Å². The summed E-state index contributed by atoms with van der Waals surface area (Å²) >= 11 is 0. The van der Waals surface area contributed by atoms with Gasteiger partial charge in [0.25, 0.3) is 5.91 Å². The van der Waals surface area contributed by atoms with Gasteiger partial charge in [-0.25, -0.2) is 18.1 Å². The van der Waals surface area contributed by atoms with Crippen molar-refractivity contribution in [1.29, 1.82) is 0 Å². The van der Waals surface area contributed by atoms with E-state index in [2.05, 4.69) is 19.9 Å². The molecule has 1 aliphatic rings. The number of benzene rings is 1. The Kier molecular flexibility index (Phi) is 4.97. The van der Waals surface area contributed by atoms with E-state index in [4.69, 9.17) is 4.42 Å². The monoisotopic (exact) mass is 415 g/mol. The zero-order valence-corrected chi connectivity index (χ0v) is 16.8. The molecule has 1 fully saturated rings. The highest BCUT2D eigenvalue weighted by atomic mass is 32.2. The summed E-state index contributed by atoms with van der Waals surface area (Å²) in [6, 6.07) is 10.2. The number of H-pyrrole nitrogens is 1. The van der Waals surface area contributed by atoms with Gasteiger partial charge < -0.3 is 9.32 Å². The topological polar surface area (TPSA) is 121 Å². The molecule has 3 aromatic rings. The molecule has 9 nitrogen and oxygen atoms in total. The predicted molar refractivity (Wildman–Crippen MR) is 105 cm³/mol. The van der Waals surface area contributed by atoms with Crippen molar-refractivity contribution in [2.45, 2.75) is 25.4 Å². The van der Waals surface area contributed by atoms with Crippen LogP contribution in [0.2, 0.25) is 0 Å². The van der Waals surface area contributed by atoms with Crippen LogP contribution >= 0.6 is 0 Å². The van der Waals surface area contributed by atoms with E-state index in [1.165, 1.54) is 6.26 Å². The largest absolute Gasteiger partial charge is 0.469 e. The van der Waals surface area contributed by atoms with Gasteiger partial charge in [-0.1, -0.05) is 30.3 Å². The number of carbonyl (C=O) groups excluding carboxylic acids is 1. The first-order valence-corrected chi connectivity index (χ1v) is 11.0. The van der Waals surface area contributed by atoms with Crippen LogP contribution in [0.1, 0.15) is 34.4 Å². The second-order valence-corrected chi connectivity index (χ2v) is 8.88. The van der Waals surface area contributed by atoms with Crippen molar-refractivity contribution >= 4 is 15.9 Å². The Balaban J connectivity index is 1.66. The van der Waals surface area contributed by atoms with E-state index in [0.29, 0.717) is 29.4 Å². The second kappa shape index (κ2) is 7.45. The maximum absolute atomic E-state index is 13.1. The number of aromatic amines is 1. The van der Waals surface area contributed by atoms with Crippen molar-refractivity contribution in [2.24, 2.45) is 0 Å². The van der Waals surface area contributed by atoms with Crippen LogP contribution in [0.3, 0.4) is 0 Å². The third kappa shape index (κ3) is 4.08. The minimum absolute atomic E-state index is 0.225. The molecule has 2 atom stereocenters. The molecule has 0 radical (unpaired) electrons. The van der Waals surface area contributed by atoms with Gasteiger partial charge in [0.2, 0.25) is 10.0 Å². The summed E-state index contributed by atoms with van der Waals surface area (Å²) in [7, 11) is -3.41. The highest BCUT2D eigenvalue weighted by molar-refractivity contribution is 7.88. The second-order valence-electron chi connectivity index (χ2n) is 7.10. The fourth-order valence-corrected chi connectivity index (χ4v) is 4.39. The molecule has 0 bridgehead atoms. The quantitative estimate of drug-likeness (QED) is 0.656. The molecular weight excluding hydrogens is 394 g/mol. The first kappa shape index (κ1) is 19.3. The van der Waals surface area contributed by atoms with Crippen LogP contribution in [0.25, 0.3) is 11.4 Å². The summed E-state index contributed by atoms with van der Waals surface area (Å²) in [5.41, 5.74) is 1.29. The van der Waals surface area contributed by atoms with E-state index in [1.807, 2.05) is 30.3 Å². The molecule has 0 aliphatic carbocycles. The lowest BCUT2D eigenvalue weighted by atomic mass is 10.1. The zero-order valence-electron chi connectivity index (χ0n) is 16.0. The van der Waals surface area contributed by atoms with Crippen molar-refractivity contribution in [3.05, 3.63) is 59.8 Å². The number of aryl methyl sites for hydroxylation is 1. The molecular formula is C19H21N5O4S. The Labute approximate surface area is 168 Å². The van der Waals surface area contributed by atoms with E-state index in [9.17, 15) is 13.2 Å². The Morgan fingerprint density at radius 1 is 1.28 bits per heavy atom.